The normalized spacial score (nSPS) is 13.9. The molecule has 110 valence electrons. The Morgan fingerprint density at radius 1 is 1.38 bits per heavy atom. The number of aryl methyl sites for hydroxylation is 1. The van der Waals surface area contributed by atoms with E-state index in [0.717, 1.165) is 35.7 Å². The largest absolute Gasteiger partial charge is 0.385 e. The van der Waals surface area contributed by atoms with E-state index >= 15 is 0 Å². The van der Waals surface area contributed by atoms with Gasteiger partial charge >= 0.3 is 0 Å². The molecule has 1 amide bonds. The van der Waals surface area contributed by atoms with Crippen molar-refractivity contribution in [2.45, 2.75) is 26.9 Å². The Labute approximate surface area is 123 Å². The fraction of sp³-hybridized carbons (Fsp3) is 0.400. The van der Waals surface area contributed by atoms with Crippen LogP contribution in [0.3, 0.4) is 0 Å². The minimum Gasteiger partial charge on any atom is -0.385 e. The molecule has 0 aliphatic carbocycles. The molecule has 21 heavy (non-hydrogen) atoms. The molecule has 1 aliphatic heterocycles. The van der Waals surface area contributed by atoms with Gasteiger partial charge in [0.25, 0.3) is 5.91 Å². The smallest absolute Gasteiger partial charge is 0.254 e. The minimum atomic E-state index is 0.0513. The van der Waals surface area contributed by atoms with E-state index in [4.69, 9.17) is 0 Å². The van der Waals surface area contributed by atoms with E-state index in [9.17, 15) is 4.79 Å². The Morgan fingerprint density at radius 3 is 3.00 bits per heavy atom. The van der Waals surface area contributed by atoms with E-state index in [1.54, 1.807) is 6.33 Å². The number of fused-ring (bicyclic) bond motifs is 1. The molecule has 0 saturated carbocycles. The van der Waals surface area contributed by atoms with Crippen molar-refractivity contribution in [2.75, 3.05) is 18.4 Å². The highest BCUT2D eigenvalue weighted by Gasteiger charge is 2.23. The summed E-state index contributed by atoms with van der Waals surface area (Å²) in [6.07, 6.45) is 1.71. The zero-order chi connectivity index (χ0) is 14.8. The molecule has 1 aromatic heterocycles. The quantitative estimate of drug-likeness (QED) is 0.932. The summed E-state index contributed by atoms with van der Waals surface area (Å²) in [4.78, 5) is 14.4. The maximum atomic E-state index is 12.6. The van der Waals surface area contributed by atoms with Crippen LogP contribution >= 0.6 is 0 Å². The summed E-state index contributed by atoms with van der Waals surface area (Å²) in [5.41, 5.74) is 2.89. The van der Waals surface area contributed by atoms with E-state index in [0.29, 0.717) is 13.1 Å². The second kappa shape index (κ2) is 5.55. The van der Waals surface area contributed by atoms with Crippen LogP contribution in [0.25, 0.3) is 0 Å². The lowest BCUT2D eigenvalue weighted by atomic mass is 10.1. The second-order valence-electron chi connectivity index (χ2n) is 5.23. The van der Waals surface area contributed by atoms with Gasteiger partial charge in [-0.25, -0.2) is 0 Å². The lowest BCUT2D eigenvalue weighted by Crippen LogP contribution is -2.38. The van der Waals surface area contributed by atoms with Crippen LogP contribution in [-0.2, 0) is 13.1 Å². The van der Waals surface area contributed by atoms with Gasteiger partial charge in [-0.15, -0.1) is 10.2 Å². The summed E-state index contributed by atoms with van der Waals surface area (Å²) in [7, 11) is 0. The van der Waals surface area contributed by atoms with Crippen molar-refractivity contribution in [3.8, 4) is 0 Å². The first-order chi connectivity index (χ1) is 10.2. The van der Waals surface area contributed by atoms with Gasteiger partial charge in [0.2, 0.25) is 0 Å². The number of carbonyl (C=O) groups excluding carboxylic acids is 1. The predicted molar refractivity (Wildman–Crippen MR) is 80.1 cm³/mol. The van der Waals surface area contributed by atoms with Crippen molar-refractivity contribution >= 4 is 11.6 Å². The van der Waals surface area contributed by atoms with Crippen LogP contribution in [0.1, 0.15) is 28.7 Å². The number of nitrogens with one attached hydrogen (secondary N) is 1. The lowest BCUT2D eigenvalue weighted by Gasteiger charge is -2.27. The van der Waals surface area contributed by atoms with Crippen LogP contribution in [0.5, 0.6) is 0 Å². The molecule has 1 N–H and O–H groups in total. The average molecular weight is 285 g/mol. The van der Waals surface area contributed by atoms with Crippen LogP contribution in [0.15, 0.2) is 24.5 Å². The summed E-state index contributed by atoms with van der Waals surface area (Å²) in [6, 6.07) is 5.80. The Bertz CT molecular complexity index is 664. The molecule has 1 aromatic carbocycles. The van der Waals surface area contributed by atoms with Gasteiger partial charge in [0, 0.05) is 30.9 Å². The summed E-state index contributed by atoms with van der Waals surface area (Å²) in [5.74, 6) is 0.894. The molecule has 3 rings (SSSR count). The number of anilines is 1. The summed E-state index contributed by atoms with van der Waals surface area (Å²) in [5, 5.41) is 11.2. The van der Waals surface area contributed by atoms with E-state index in [2.05, 4.69) is 22.4 Å². The van der Waals surface area contributed by atoms with Crippen LogP contribution in [0.2, 0.25) is 0 Å². The van der Waals surface area contributed by atoms with Crippen molar-refractivity contribution in [1.29, 1.82) is 0 Å². The standard InChI is InChI=1S/C15H19N5O/c1-3-16-13-5-4-12(8-11(13)2)15(21)19-6-7-20-10-17-18-14(20)9-19/h4-5,8,10,16H,3,6-7,9H2,1-2H3. The molecular weight excluding hydrogens is 266 g/mol. The first-order valence-electron chi connectivity index (χ1n) is 7.19. The van der Waals surface area contributed by atoms with E-state index < -0.39 is 0 Å². The molecule has 0 bridgehead atoms. The monoisotopic (exact) mass is 285 g/mol. The predicted octanol–water partition coefficient (Wildman–Crippen LogP) is 1.67. The van der Waals surface area contributed by atoms with Gasteiger partial charge in [-0.2, -0.15) is 0 Å². The van der Waals surface area contributed by atoms with Crippen molar-refractivity contribution in [3.05, 3.63) is 41.5 Å². The third kappa shape index (κ3) is 2.61. The van der Waals surface area contributed by atoms with Crippen LogP contribution < -0.4 is 5.32 Å². The molecule has 2 aromatic rings. The molecule has 0 spiro atoms. The third-order valence-electron chi connectivity index (χ3n) is 3.77. The molecule has 1 aliphatic rings. The van der Waals surface area contributed by atoms with E-state index in [-0.39, 0.29) is 5.91 Å². The fourth-order valence-corrected chi connectivity index (χ4v) is 2.61. The van der Waals surface area contributed by atoms with E-state index in [1.165, 1.54) is 0 Å². The molecule has 2 heterocycles. The third-order valence-corrected chi connectivity index (χ3v) is 3.77. The zero-order valence-corrected chi connectivity index (χ0v) is 12.3. The molecular formula is C15H19N5O. The summed E-state index contributed by atoms with van der Waals surface area (Å²) < 4.78 is 1.99. The lowest BCUT2D eigenvalue weighted by molar-refractivity contribution is 0.0707. The average Bonchev–Trinajstić information content (AvgIpc) is 2.96. The molecule has 0 saturated heterocycles. The van der Waals surface area contributed by atoms with Gasteiger partial charge in [0.15, 0.2) is 5.82 Å². The molecule has 0 radical (unpaired) electrons. The number of hydrogen-bond acceptors (Lipinski definition) is 4. The SMILES string of the molecule is CCNc1ccc(C(=O)N2CCn3cnnc3C2)cc1C. The number of benzene rings is 1. The highest BCUT2D eigenvalue weighted by Crippen LogP contribution is 2.19. The summed E-state index contributed by atoms with van der Waals surface area (Å²) >= 11 is 0. The number of carbonyl (C=O) groups is 1. The first kappa shape index (κ1) is 13.6. The molecule has 0 unspecified atom stereocenters. The van der Waals surface area contributed by atoms with Crippen molar-refractivity contribution in [3.63, 3.8) is 0 Å². The maximum Gasteiger partial charge on any atom is 0.254 e. The fourth-order valence-electron chi connectivity index (χ4n) is 2.61. The summed E-state index contributed by atoms with van der Waals surface area (Å²) in [6.45, 7) is 6.91. The van der Waals surface area contributed by atoms with Gasteiger partial charge in [0.1, 0.15) is 6.33 Å². The molecule has 0 atom stereocenters. The second-order valence-corrected chi connectivity index (χ2v) is 5.23. The number of aromatic nitrogens is 3. The Balaban J connectivity index is 1.78. The number of rotatable bonds is 3. The van der Waals surface area contributed by atoms with Crippen LogP contribution in [0.4, 0.5) is 5.69 Å². The highest BCUT2D eigenvalue weighted by molar-refractivity contribution is 5.95. The minimum absolute atomic E-state index is 0.0513. The first-order valence-corrected chi connectivity index (χ1v) is 7.19. The Hall–Kier alpha value is -2.37. The number of amides is 1. The molecule has 6 heteroatoms. The van der Waals surface area contributed by atoms with Crippen molar-refractivity contribution < 1.29 is 4.79 Å². The van der Waals surface area contributed by atoms with Crippen molar-refractivity contribution in [1.82, 2.24) is 19.7 Å². The maximum absolute atomic E-state index is 12.6. The Morgan fingerprint density at radius 2 is 2.24 bits per heavy atom. The van der Waals surface area contributed by atoms with Gasteiger partial charge in [0.05, 0.1) is 6.54 Å². The van der Waals surface area contributed by atoms with E-state index in [1.807, 2.05) is 34.6 Å². The van der Waals surface area contributed by atoms with Crippen molar-refractivity contribution in [2.24, 2.45) is 0 Å². The number of nitrogens with zero attached hydrogens (tertiary/aromatic N) is 4. The topological polar surface area (TPSA) is 63.1 Å². The van der Waals surface area contributed by atoms with Gasteiger partial charge in [-0.3, -0.25) is 4.79 Å². The molecule has 0 fully saturated rings. The molecule has 6 nitrogen and oxygen atoms in total. The van der Waals surface area contributed by atoms with Crippen LogP contribution in [0, 0.1) is 6.92 Å². The zero-order valence-electron chi connectivity index (χ0n) is 12.3. The van der Waals surface area contributed by atoms with Gasteiger partial charge in [-0.05, 0) is 37.6 Å². The highest BCUT2D eigenvalue weighted by atomic mass is 16.2. The Kier molecular flexibility index (Phi) is 3.60. The number of hydrogen-bond donors (Lipinski definition) is 1. The van der Waals surface area contributed by atoms with Crippen LogP contribution in [-0.4, -0.2) is 38.7 Å². The van der Waals surface area contributed by atoms with Gasteiger partial charge < -0.3 is 14.8 Å². The van der Waals surface area contributed by atoms with Gasteiger partial charge in [-0.1, -0.05) is 0 Å².